The smallest absolute Gasteiger partial charge is 0.226 e. The third kappa shape index (κ3) is 4.80. The van der Waals surface area contributed by atoms with Crippen LogP contribution in [-0.4, -0.2) is 55.8 Å². The maximum Gasteiger partial charge on any atom is 0.226 e. The minimum absolute atomic E-state index is 0.0775. The van der Waals surface area contributed by atoms with Gasteiger partial charge >= 0.3 is 0 Å². The first kappa shape index (κ1) is 24.9. The van der Waals surface area contributed by atoms with E-state index in [2.05, 4.69) is 53.8 Å². The van der Waals surface area contributed by atoms with Crippen LogP contribution in [0.5, 0.6) is 0 Å². The van der Waals surface area contributed by atoms with Crippen LogP contribution < -0.4 is 5.32 Å². The van der Waals surface area contributed by atoms with Crippen molar-refractivity contribution in [1.82, 2.24) is 19.5 Å². The lowest BCUT2D eigenvalue weighted by Gasteiger charge is -2.30. The highest BCUT2D eigenvalue weighted by atomic mass is 127. The molecule has 0 radical (unpaired) electrons. The summed E-state index contributed by atoms with van der Waals surface area (Å²) in [6, 6.07) is 18.0. The van der Waals surface area contributed by atoms with Crippen LogP contribution in [0, 0.1) is 3.57 Å². The number of anilines is 1. The highest BCUT2D eigenvalue weighted by Crippen LogP contribution is 2.47. The average molecular weight is 636 g/mol. The van der Waals surface area contributed by atoms with E-state index in [9.17, 15) is 5.26 Å². The summed E-state index contributed by atoms with van der Waals surface area (Å²) in [7, 11) is 0. The fourth-order valence-electron chi connectivity index (χ4n) is 4.87. The topological polar surface area (TPSA) is 113 Å². The van der Waals surface area contributed by atoms with Crippen molar-refractivity contribution < 1.29 is 24.4 Å². The van der Waals surface area contributed by atoms with Crippen molar-refractivity contribution in [2.45, 2.75) is 37.2 Å². The van der Waals surface area contributed by atoms with Crippen LogP contribution in [0.15, 0.2) is 60.9 Å². The van der Waals surface area contributed by atoms with Crippen LogP contribution in [0.4, 0.5) is 5.82 Å². The van der Waals surface area contributed by atoms with E-state index in [0.29, 0.717) is 30.1 Å². The highest BCUT2D eigenvalue weighted by Gasteiger charge is 2.63. The summed E-state index contributed by atoms with van der Waals surface area (Å²) >= 11 is 8.59. The van der Waals surface area contributed by atoms with Crippen molar-refractivity contribution in [3.05, 3.63) is 80.9 Å². The van der Waals surface area contributed by atoms with E-state index < -0.39 is 24.0 Å². The van der Waals surface area contributed by atoms with Crippen molar-refractivity contribution in [2.75, 3.05) is 18.5 Å². The number of hydrogen-bond donors (Lipinski definition) is 2. The molecule has 192 valence electrons. The Labute approximate surface area is 231 Å². The van der Waals surface area contributed by atoms with Crippen LogP contribution in [0.25, 0.3) is 11.2 Å². The molecule has 4 heterocycles. The number of rotatable bonds is 9. The molecule has 4 aromatic rings. The number of imidazole rings is 1. The number of hydrogen-bond acceptors (Lipinski definition) is 9. The van der Waals surface area contributed by atoms with E-state index in [1.54, 1.807) is 10.9 Å². The molecule has 2 aliphatic heterocycles. The van der Waals surface area contributed by atoms with Gasteiger partial charge in [-0.25, -0.2) is 9.87 Å². The Bertz CT molecular complexity index is 1410. The largest absolute Gasteiger partial charge is 0.367 e. The van der Waals surface area contributed by atoms with E-state index in [1.165, 1.54) is 0 Å². The zero-order chi connectivity index (χ0) is 25.4. The Balaban J connectivity index is 1.28. The normalized spacial score (nSPS) is 24.7. The van der Waals surface area contributed by atoms with Gasteiger partial charge in [-0.05, 0) is 57.5 Å². The number of benzene rings is 2. The summed E-state index contributed by atoms with van der Waals surface area (Å²) in [5.41, 5.74) is 2.17. The molecule has 4 atom stereocenters. The van der Waals surface area contributed by atoms with E-state index in [1.807, 2.05) is 48.5 Å². The number of ether oxygens (including phenoxy) is 3. The Kier molecular flexibility index (Phi) is 7.01. The minimum atomic E-state index is -0.988. The van der Waals surface area contributed by atoms with Crippen molar-refractivity contribution >= 4 is 51.2 Å². The monoisotopic (exact) mass is 635 g/mol. The lowest BCUT2D eigenvalue weighted by atomic mass is 10.00. The molecule has 6 rings (SSSR count). The molecular formula is C25H23ClIN5O5. The van der Waals surface area contributed by atoms with Crippen LogP contribution in [0.2, 0.25) is 5.28 Å². The SMILES string of the molecule is OOC[C@@]12CO[C@@H]([C@H](n3cnc4c(NCc5cccc(I)c5)nc(Cl)nc43)O1)[C@@H]2OCc1ccccc1. The molecule has 12 heteroatoms. The molecule has 0 unspecified atom stereocenters. The molecule has 37 heavy (non-hydrogen) atoms. The molecule has 0 saturated carbocycles. The Morgan fingerprint density at radius 3 is 2.81 bits per heavy atom. The number of fused-ring (bicyclic) bond motifs is 3. The summed E-state index contributed by atoms with van der Waals surface area (Å²) < 4.78 is 21.7. The van der Waals surface area contributed by atoms with E-state index >= 15 is 0 Å². The molecule has 0 amide bonds. The fraction of sp³-hybridized carbons (Fsp3) is 0.320. The van der Waals surface area contributed by atoms with Crippen LogP contribution in [0.3, 0.4) is 0 Å². The number of nitrogens with one attached hydrogen (secondary N) is 1. The van der Waals surface area contributed by atoms with Gasteiger partial charge in [0.25, 0.3) is 0 Å². The first-order chi connectivity index (χ1) is 18.1. The number of halogens is 2. The summed E-state index contributed by atoms with van der Waals surface area (Å²) in [4.78, 5) is 17.9. The molecular weight excluding hydrogens is 613 g/mol. The first-order valence-electron chi connectivity index (χ1n) is 11.7. The van der Waals surface area contributed by atoms with Gasteiger partial charge in [-0.2, -0.15) is 9.97 Å². The maximum absolute atomic E-state index is 9.32. The van der Waals surface area contributed by atoms with Gasteiger partial charge in [0.1, 0.15) is 24.4 Å². The lowest BCUT2D eigenvalue weighted by Crippen LogP contribution is -2.46. The van der Waals surface area contributed by atoms with E-state index in [-0.39, 0.29) is 18.5 Å². The number of aromatic nitrogens is 4. The van der Waals surface area contributed by atoms with Crippen LogP contribution in [-0.2, 0) is 32.2 Å². The molecule has 2 aromatic carbocycles. The molecule has 2 fully saturated rings. The second-order valence-electron chi connectivity index (χ2n) is 8.99. The summed E-state index contributed by atoms with van der Waals surface area (Å²) in [6.45, 7) is 1.02. The summed E-state index contributed by atoms with van der Waals surface area (Å²) in [5, 5.41) is 12.7. The van der Waals surface area contributed by atoms with Gasteiger partial charge in [0.05, 0.1) is 19.5 Å². The van der Waals surface area contributed by atoms with Crippen molar-refractivity contribution in [2.24, 2.45) is 0 Å². The molecule has 2 N–H and O–H groups in total. The van der Waals surface area contributed by atoms with Crippen LogP contribution in [0.1, 0.15) is 17.4 Å². The molecule has 0 spiro atoms. The quantitative estimate of drug-likeness (QED) is 0.119. The van der Waals surface area contributed by atoms with Crippen molar-refractivity contribution in [3.63, 3.8) is 0 Å². The standard InChI is InChI=1S/C25H23ClIN5O5/c26-24-30-21(28-10-16-7-4-8-17(27)9-16)18-22(31-24)32(14-29-18)23-19-20(25(37-23,12-35-19)13-36-33)34-11-15-5-2-1-3-6-15/h1-9,14,19-20,23,33H,10-13H2,(H,28,30,31)/t19-,20+,23-,25-/m1/s1. The molecule has 10 nitrogen and oxygen atoms in total. The second-order valence-corrected chi connectivity index (χ2v) is 10.6. The van der Waals surface area contributed by atoms with Crippen molar-refractivity contribution in [1.29, 1.82) is 0 Å². The second kappa shape index (κ2) is 10.4. The summed E-state index contributed by atoms with van der Waals surface area (Å²) in [6.07, 6.45) is 0.0396. The van der Waals surface area contributed by atoms with Gasteiger partial charge in [-0.1, -0.05) is 42.5 Å². The predicted octanol–water partition coefficient (Wildman–Crippen LogP) is 4.44. The summed E-state index contributed by atoms with van der Waals surface area (Å²) in [5.74, 6) is 0.516. The van der Waals surface area contributed by atoms with Gasteiger partial charge in [-0.3, -0.25) is 9.82 Å². The predicted molar refractivity (Wildman–Crippen MR) is 143 cm³/mol. The average Bonchev–Trinajstić information content (AvgIpc) is 3.56. The van der Waals surface area contributed by atoms with Gasteiger partial charge in [-0.15, -0.1) is 0 Å². The molecule has 2 saturated heterocycles. The molecule has 2 bridgehead atoms. The zero-order valence-electron chi connectivity index (χ0n) is 19.5. The first-order valence-corrected chi connectivity index (χ1v) is 13.1. The van der Waals surface area contributed by atoms with Gasteiger partial charge in [0, 0.05) is 10.1 Å². The lowest BCUT2D eigenvalue weighted by molar-refractivity contribution is -0.295. The fourth-order valence-corrected chi connectivity index (χ4v) is 5.64. The van der Waals surface area contributed by atoms with Gasteiger partial charge in [0.15, 0.2) is 23.2 Å². The molecule has 2 aliphatic rings. The Morgan fingerprint density at radius 1 is 1.16 bits per heavy atom. The van der Waals surface area contributed by atoms with E-state index in [4.69, 9.17) is 25.8 Å². The maximum atomic E-state index is 9.32. The highest BCUT2D eigenvalue weighted by molar-refractivity contribution is 14.1. The minimum Gasteiger partial charge on any atom is -0.367 e. The van der Waals surface area contributed by atoms with Crippen molar-refractivity contribution in [3.8, 4) is 0 Å². The van der Waals surface area contributed by atoms with Crippen LogP contribution >= 0.6 is 34.2 Å². The molecule has 0 aliphatic carbocycles. The Hall–Kier alpha value is -2.39. The number of nitrogens with zero attached hydrogens (tertiary/aromatic N) is 4. The third-order valence-corrected chi connectivity index (χ3v) is 7.41. The van der Waals surface area contributed by atoms with Gasteiger partial charge < -0.3 is 19.5 Å². The third-order valence-electron chi connectivity index (χ3n) is 6.57. The Morgan fingerprint density at radius 2 is 2.00 bits per heavy atom. The van der Waals surface area contributed by atoms with Gasteiger partial charge in [0.2, 0.25) is 5.28 Å². The molecule has 2 aromatic heterocycles. The van der Waals surface area contributed by atoms with E-state index in [0.717, 1.165) is 14.7 Å². The zero-order valence-corrected chi connectivity index (χ0v) is 22.4.